The van der Waals surface area contributed by atoms with Crippen LogP contribution in [0.2, 0.25) is 15.2 Å². The lowest BCUT2D eigenvalue weighted by Gasteiger charge is -2.24. The number of methoxy groups -OCH3 is 1. The number of carbonyl (C=O) groups excluding carboxylic acids is 1. The van der Waals surface area contributed by atoms with Gasteiger partial charge in [0.2, 0.25) is 5.95 Å². The first-order chi connectivity index (χ1) is 13.3. The molecule has 7 nitrogen and oxygen atoms in total. The molecule has 2 aromatic heterocycles. The minimum Gasteiger partial charge on any atom is -0.453 e. The van der Waals surface area contributed by atoms with Crippen LogP contribution in [0.3, 0.4) is 0 Å². The van der Waals surface area contributed by atoms with Gasteiger partial charge >= 0.3 is 6.09 Å². The highest BCUT2D eigenvalue weighted by Gasteiger charge is 2.18. The number of pyridine rings is 1. The Hall–Kier alpha value is -2.22. The Morgan fingerprint density at radius 3 is 2.61 bits per heavy atom. The topological polar surface area (TPSA) is 83.1 Å². The van der Waals surface area contributed by atoms with E-state index in [1.165, 1.54) is 7.11 Å². The van der Waals surface area contributed by atoms with Crippen LogP contribution >= 0.6 is 34.8 Å². The van der Waals surface area contributed by atoms with E-state index in [0.29, 0.717) is 39.8 Å². The van der Waals surface area contributed by atoms with Gasteiger partial charge in [-0.15, -0.1) is 0 Å². The number of carbonyl (C=O) groups is 1. The summed E-state index contributed by atoms with van der Waals surface area (Å²) < 4.78 is 4.75. The van der Waals surface area contributed by atoms with Crippen LogP contribution < -0.4 is 10.2 Å². The molecule has 0 aliphatic rings. The van der Waals surface area contributed by atoms with E-state index >= 15 is 0 Å². The molecule has 3 aromatic rings. The van der Waals surface area contributed by atoms with Gasteiger partial charge in [0.1, 0.15) is 5.15 Å². The van der Waals surface area contributed by atoms with Gasteiger partial charge in [-0.25, -0.2) is 9.78 Å². The van der Waals surface area contributed by atoms with Crippen LogP contribution in [0.1, 0.15) is 5.56 Å². The third kappa shape index (κ3) is 5.19. The maximum absolute atomic E-state index is 11.8. The zero-order chi connectivity index (χ0) is 20.3. The zero-order valence-corrected chi connectivity index (χ0v) is 17.4. The third-order valence-corrected chi connectivity index (χ3v) is 4.71. The molecular formula is C18H18Cl3N5O2. The Morgan fingerprint density at radius 1 is 1.21 bits per heavy atom. The van der Waals surface area contributed by atoms with Crippen LogP contribution in [0.25, 0.3) is 11.2 Å². The summed E-state index contributed by atoms with van der Waals surface area (Å²) in [6.45, 7) is 0.451. The number of alkyl carbamates (subject to hydrolysis) is 1. The molecule has 2 heterocycles. The van der Waals surface area contributed by atoms with E-state index in [9.17, 15) is 4.79 Å². The largest absolute Gasteiger partial charge is 0.453 e. The first kappa shape index (κ1) is 20.5. The highest BCUT2D eigenvalue weighted by Crippen LogP contribution is 2.21. The molecule has 3 rings (SSSR count). The summed E-state index contributed by atoms with van der Waals surface area (Å²) in [5.74, 6) is 0.602. The molecule has 0 saturated carbocycles. The van der Waals surface area contributed by atoms with Crippen molar-refractivity contribution in [2.75, 3.05) is 25.6 Å². The predicted octanol–water partition coefficient (Wildman–Crippen LogP) is 4.32. The molecule has 0 saturated heterocycles. The van der Waals surface area contributed by atoms with Gasteiger partial charge in [0, 0.05) is 23.6 Å². The van der Waals surface area contributed by atoms with Crippen LogP contribution in [0.5, 0.6) is 0 Å². The van der Waals surface area contributed by atoms with Gasteiger partial charge in [-0.2, -0.15) is 4.98 Å². The molecule has 1 atom stereocenters. The number of anilines is 1. The van der Waals surface area contributed by atoms with E-state index in [0.717, 1.165) is 11.1 Å². The number of aromatic nitrogens is 3. The van der Waals surface area contributed by atoms with Crippen molar-refractivity contribution in [3.05, 3.63) is 51.1 Å². The maximum Gasteiger partial charge on any atom is 0.407 e. The van der Waals surface area contributed by atoms with Crippen molar-refractivity contribution in [1.29, 1.82) is 0 Å². The van der Waals surface area contributed by atoms with Crippen molar-refractivity contribution in [2.45, 2.75) is 12.5 Å². The Labute approximate surface area is 177 Å². The summed E-state index contributed by atoms with van der Waals surface area (Å²) in [5, 5.41) is 4.27. The second-order valence-corrected chi connectivity index (χ2v) is 7.52. The summed E-state index contributed by atoms with van der Waals surface area (Å²) in [6, 6.07) is 8.51. The Balaban J connectivity index is 1.79. The molecule has 1 aromatic carbocycles. The second-order valence-electron chi connectivity index (χ2n) is 6.26. The molecule has 1 unspecified atom stereocenters. The van der Waals surface area contributed by atoms with Gasteiger partial charge in [-0.1, -0.05) is 34.8 Å². The van der Waals surface area contributed by atoms with Crippen LogP contribution in [-0.2, 0) is 11.2 Å². The predicted molar refractivity (Wildman–Crippen MR) is 112 cm³/mol. The normalized spacial score (nSPS) is 12.0. The lowest BCUT2D eigenvalue weighted by Crippen LogP contribution is -2.44. The van der Waals surface area contributed by atoms with Crippen LogP contribution in [-0.4, -0.2) is 47.8 Å². The van der Waals surface area contributed by atoms with Crippen molar-refractivity contribution >= 4 is 58.0 Å². The Kier molecular flexibility index (Phi) is 6.49. The number of hydrogen-bond donors (Lipinski definition) is 2. The molecule has 0 radical (unpaired) electrons. The highest BCUT2D eigenvalue weighted by molar-refractivity contribution is 6.34. The van der Waals surface area contributed by atoms with Gasteiger partial charge in [-0.05, 0) is 42.3 Å². The minimum atomic E-state index is -0.524. The Morgan fingerprint density at radius 2 is 1.93 bits per heavy atom. The molecule has 0 fully saturated rings. The maximum atomic E-state index is 11.8. The molecular weight excluding hydrogens is 425 g/mol. The van der Waals surface area contributed by atoms with Gasteiger partial charge in [-0.3, -0.25) is 0 Å². The average molecular weight is 443 g/mol. The summed E-state index contributed by atoms with van der Waals surface area (Å²) in [5.41, 5.74) is 2.18. The van der Waals surface area contributed by atoms with Crippen molar-refractivity contribution in [3.8, 4) is 0 Å². The number of nitrogens with one attached hydrogen (secondary N) is 2. The number of aromatic amines is 1. The standard InChI is InChI=1S/C18H18Cl3N5O2/c1-26(17-23-14-3-4-15(21)24-16(14)25-17)9-13(22-18(27)28-2)7-10-5-11(19)8-12(20)6-10/h3-6,8,13H,7,9H2,1-2H3,(H,22,27)(H,23,24,25). The Bertz CT molecular complexity index is 974. The lowest BCUT2D eigenvalue weighted by molar-refractivity contribution is 0.166. The number of amides is 1. The zero-order valence-electron chi connectivity index (χ0n) is 15.2. The van der Waals surface area contributed by atoms with Crippen molar-refractivity contribution < 1.29 is 9.53 Å². The highest BCUT2D eigenvalue weighted by atomic mass is 35.5. The minimum absolute atomic E-state index is 0.281. The fraction of sp³-hybridized carbons (Fsp3) is 0.278. The van der Waals surface area contributed by atoms with Gasteiger partial charge < -0.3 is 19.9 Å². The van der Waals surface area contributed by atoms with E-state index in [1.54, 1.807) is 12.1 Å². The monoisotopic (exact) mass is 441 g/mol. The van der Waals surface area contributed by atoms with Gasteiger partial charge in [0.15, 0.2) is 5.65 Å². The van der Waals surface area contributed by atoms with E-state index in [-0.39, 0.29) is 6.04 Å². The van der Waals surface area contributed by atoms with Crippen molar-refractivity contribution in [1.82, 2.24) is 20.3 Å². The molecule has 0 aliphatic carbocycles. The van der Waals surface area contributed by atoms with Crippen LogP contribution in [0, 0.1) is 0 Å². The summed E-state index contributed by atoms with van der Waals surface area (Å²) in [4.78, 5) is 25.5. The molecule has 10 heteroatoms. The van der Waals surface area contributed by atoms with Crippen LogP contribution in [0.4, 0.5) is 10.7 Å². The smallest absolute Gasteiger partial charge is 0.407 e. The molecule has 148 valence electrons. The number of fused-ring (bicyclic) bond motifs is 1. The fourth-order valence-corrected chi connectivity index (χ4v) is 3.57. The van der Waals surface area contributed by atoms with E-state index in [4.69, 9.17) is 39.5 Å². The number of nitrogens with zero attached hydrogens (tertiary/aromatic N) is 3. The fourth-order valence-electron chi connectivity index (χ4n) is 2.85. The summed E-state index contributed by atoms with van der Waals surface area (Å²) >= 11 is 18.1. The second kappa shape index (κ2) is 8.86. The lowest BCUT2D eigenvalue weighted by atomic mass is 10.1. The van der Waals surface area contributed by atoms with E-state index in [2.05, 4.69) is 20.3 Å². The first-order valence-corrected chi connectivity index (χ1v) is 9.50. The number of H-pyrrole nitrogens is 1. The quantitative estimate of drug-likeness (QED) is 0.555. The first-order valence-electron chi connectivity index (χ1n) is 8.37. The molecule has 0 bridgehead atoms. The van der Waals surface area contributed by atoms with Gasteiger partial charge in [0.25, 0.3) is 0 Å². The van der Waals surface area contributed by atoms with Crippen LogP contribution in [0.15, 0.2) is 30.3 Å². The van der Waals surface area contributed by atoms with Crippen molar-refractivity contribution in [2.24, 2.45) is 0 Å². The number of imidazole rings is 1. The molecule has 2 N–H and O–H groups in total. The van der Waals surface area contributed by atoms with Gasteiger partial charge in [0.05, 0.1) is 18.7 Å². The molecule has 1 amide bonds. The number of ether oxygens (including phenoxy) is 1. The van der Waals surface area contributed by atoms with E-state index < -0.39 is 6.09 Å². The van der Waals surface area contributed by atoms with Crippen molar-refractivity contribution in [3.63, 3.8) is 0 Å². The average Bonchev–Trinajstić information content (AvgIpc) is 3.03. The molecule has 28 heavy (non-hydrogen) atoms. The number of benzene rings is 1. The molecule has 0 spiro atoms. The number of halogens is 3. The SMILES string of the molecule is COC(=O)NC(Cc1cc(Cl)cc(Cl)c1)CN(C)c1nc2nc(Cl)ccc2[nH]1. The summed E-state index contributed by atoms with van der Waals surface area (Å²) in [6.07, 6.45) is -0.0195. The number of likely N-dealkylation sites (N-methyl/N-ethyl adjacent to an activating group) is 1. The summed E-state index contributed by atoms with van der Waals surface area (Å²) in [7, 11) is 3.18. The van der Waals surface area contributed by atoms with E-state index in [1.807, 2.05) is 30.1 Å². The third-order valence-electron chi connectivity index (χ3n) is 4.07. The molecule has 0 aliphatic heterocycles. The number of hydrogen-bond acceptors (Lipinski definition) is 5. The number of rotatable bonds is 6.